The molecule has 0 rings (SSSR count). The maximum absolute atomic E-state index is 12.9. The third-order valence-electron chi connectivity index (χ3n) is 8.43. The van der Waals surface area contributed by atoms with Crippen molar-refractivity contribution in [2.24, 2.45) is 0 Å². The summed E-state index contributed by atoms with van der Waals surface area (Å²) in [5, 5.41) is 29.0. The van der Waals surface area contributed by atoms with Gasteiger partial charge in [-0.1, -0.05) is 191 Å². The molecule has 3 N–H and O–H groups in total. The largest absolute Gasteiger partial charge is 0.394 e. The molecule has 2 unspecified atom stereocenters. The number of unbranched alkanes of at least 4 members (excludes halogenated alkanes) is 21. The predicted molar refractivity (Wildman–Crippen MR) is 196 cm³/mol. The maximum Gasteiger partial charge on any atom is 0.197 e. The van der Waals surface area contributed by atoms with Crippen LogP contribution in [-0.4, -0.2) is 45.7 Å². The summed E-state index contributed by atoms with van der Waals surface area (Å²) in [4.78, 5) is 25.7. The van der Waals surface area contributed by atoms with E-state index in [0.717, 1.165) is 25.7 Å². The molecule has 264 valence electrons. The Kier molecular flexibility index (Phi) is 32.7. The van der Waals surface area contributed by atoms with E-state index in [1.165, 1.54) is 122 Å². The topological polar surface area (TPSA) is 94.8 Å². The van der Waals surface area contributed by atoms with Crippen LogP contribution in [0.15, 0.2) is 60.3 Å². The second kappa shape index (κ2) is 34.3. The Bertz CT molecular complexity index is 866. The molecule has 0 heterocycles. The van der Waals surface area contributed by atoms with Gasteiger partial charge in [-0.3, -0.25) is 9.59 Å². The monoisotopic (exact) mass is 643 g/mol. The number of carbonyl (C=O) groups is 2. The smallest absolute Gasteiger partial charge is 0.197 e. The Morgan fingerprint density at radius 2 is 0.913 bits per heavy atom. The Hall–Kier alpha value is -2.08. The fourth-order valence-corrected chi connectivity index (χ4v) is 5.40. The van der Waals surface area contributed by atoms with Gasteiger partial charge in [0.2, 0.25) is 0 Å². The van der Waals surface area contributed by atoms with E-state index < -0.39 is 24.6 Å². The third kappa shape index (κ3) is 27.1. The minimum atomic E-state index is -1.83. The summed E-state index contributed by atoms with van der Waals surface area (Å²) in [5.41, 5.74) is -0.140. The first kappa shape index (κ1) is 43.9. The first-order valence-corrected chi connectivity index (χ1v) is 18.9. The molecule has 0 bridgehead atoms. The number of aliphatic hydroxyl groups excluding tert-OH is 3. The van der Waals surface area contributed by atoms with Gasteiger partial charge in [0, 0.05) is 6.42 Å². The van der Waals surface area contributed by atoms with Crippen LogP contribution in [0.5, 0.6) is 0 Å². The van der Waals surface area contributed by atoms with Crippen molar-refractivity contribution in [1.82, 2.24) is 0 Å². The van der Waals surface area contributed by atoms with Crippen molar-refractivity contribution in [3.63, 3.8) is 0 Å². The molecule has 0 aliphatic rings. The highest BCUT2D eigenvalue weighted by molar-refractivity contribution is 6.21. The van der Waals surface area contributed by atoms with Gasteiger partial charge in [-0.2, -0.15) is 0 Å². The lowest BCUT2D eigenvalue weighted by atomic mass is 9.95. The van der Waals surface area contributed by atoms with Crippen molar-refractivity contribution < 1.29 is 24.9 Å². The van der Waals surface area contributed by atoms with Gasteiger partial charge >= 0.3 is 0 Å². The van der Waals surface area contributed by atoms with Crippen LogP contribution < -0.4 is 0 Å². The van der Waals surface area contributed by atoms with Gasteiger partial charge in [0.25, 0.3) is 0 Å². The molecule has 0 spiro atoms. The van der Waals surface area contributed by atoms with Crippen LogP contribution >= 0.6 is 0 Å². The molecule has 0 fully saturated rings. The fraction of sp³-hybridized carbons (Fsp3) is 0.707. The van der Waals surface area contributed by atoms with Gasteiger partial charge < -0.3 is 15.3 Å². The highest BCUT2D eigenvalue weighted by Gasteiger charge is 2.29. The number of allylic oxidation sites excluding steroid dienone is 9. The number of carbonyl (C=O) groups excluding carboxylic acids is 2. The number of hydrogen-bond acceptors (Lipinski definition) is 5. The van der Waals surface area contributed by atoms with Gasteiger partial charge in [-0.15, -0.1) is 0 Å². The van der Waals surface area contributed by atoms with Crippen molar-refractivity contribution in [3.05, 3.63) is 60.3 Å². The van der Waals surface area contributed by atoms with E-state index in [9.17, 15) is 19.8 Å². The Labute approximate surface area is 283 Å². The van der Waals surface area contributed by atoms with E-state index >= 15 is 0 Å². The van der Waals surface area contributed by atoms with Crippen LogP contribution in [-0.2, 0) is 9.59 Å². The number of rotatable bonds is 33. The number of ketones is 2. The lowest BCUT2D eigenvalue weighted by Gasteiger charge is -2.15. The van der Waals surface area contributed by atoms with E-state index in [4.69, 9.17) is 5.11 Å². The fourth-order valence-electron chi connectivity index (χ4n) is 5.40. The maximum atomic E-state index is 12.9. The van der Waals surface area contributed by atoms with Crippen LogP contribution in [0.25, 0.3) is 0 Å². The average molecular weight is 643 g/mol. The summed E-state index contributed by atoms with van der Waals surface area (Å²) in [6.45, 7) is 3.74. The van der Waals surface area contributed by atoms with E-state index in [0.29, 0.717) is 6.42 Å². The van der Waals surface area contributed by atoms with Gasteiger partial charge in [-0.25, -0.2) is 0 Å². The predicted octanol–water partition coefficient (Wildman–Crippen LogP) is 10.4. The second-order valence-corrected chi connectivity index (χ2v) is 12.8. The van der Waals surface area contributed by atoms with Crippen LogP contribution in [0, 0.1) is 0 Å². The first-order valence-electron chi connectivity index (χ1n) is 18.9. The summed E-state index contributed by atoms with van der Waals surface area (Å²) in [7, 11) is 0. The lowest BCUT2D eigenvalue weighted by molar-refractivity contribution is -0.132. The first-order chi connectivity index (χ1) is 22.5. The minimum Gasteiger partial charge on any atom is -0.394 e. The molecular weight excluding hydrogens is 572 g/mol. The third-order valence-corrected chi connectivity index (χ3v) is 8.43. The van der Waals surface area contributed by atoms with Crippen LogP contribution in [0.4, 0.5) is 0 Å². The molecule has 2 atom stereocenters. The standard InChI is InChI=1S/C41H70O5/c1-3-5-7-9-11-13-15-17-19-21-22-24-26-28-30-32-34-37(40(45)41(46)39(44)36-42)38(43)35-33-31-29-27-25-23-20-18-16-14-12-10-8-6-4-2/h19,21-22,24,26,28,30,32,34,39,41-42,44,46H,3-18,20,23,25,27,29,31,33,35-36H2,1-2H3/b21-19+,24-22+,28-26+,32-30+,37-34+. The second-order valence-electron chi connectivity index (χ2n) is 12.8. The van der Waals surface area contributed by atoms with Crippen LogP contribution in [0.3, 0.4) is 0 Å². The van der Waals surface area contributed by atoms with E-state index in [1.54, 1.807) is 18.2 Å². The van der Waals surface area contributed by atoms with Gasteiger partial charge in [0.05, 0.1) is 12.2 Å². The van der Waals surface area contributed by atoms with Gasteiger partial charge in [0.1, 0.15) is 12.2 Å². The Morgan fingerprint density at radius 3 is 1.37 bits per heavy atom. The van der Waals surface area contributed by atoms with E-state index in [2.05, 4.69) is 19.9 Å². The molecule has 0 aliphatic carbocycles. The molecule has 0 amide bonds. The number of aliphatic hydroxyl groups is 3. The SMILES string of the molecule is CCCCCCCCC/C=C/C=C/C=C/C=C/C=C(\C(=O)CCCCCCCCCCCCCCCCC)C(=O)C(O)C(O)CO. The zero-order chi connectivity index (χ0) is 33.9. The average Bonchev–Trinajstić information content (AvgIpc) is 3.06. The van der Waals surface area contributed by atoms with Crippen LogP contribution in [0.2, 0.25) is 0 Å². The number of hydrogen-bond donors (Lipinski definition) is 3. The molecule has 0 aliphatic heterocycles. The summed E-state index contributed by atoms with van der Waals surface area (Å²) in [6.07, 6.45) is 42.1. The minimum absolute atomic E-state index is 0.140. The van der Waals surface area contributed by atoms with Crippen molar-refractivity contribution in [1.29, 1.82) is 0 Å². The molecular formula is C41H70O5. The molecule has 0 aromatic carbocycles. The van der Waals surface area contributed by atoms with Crippen molar-refractivity contribution in [3.8, 4) is 0 Å². The Balaban J connectivity index is 4.45. The van der Waals surface area contributed by atoms with Gasteiger partial charge in [-0.05, 0) is 25.3 Å². The zero-order valence-corrected chi connectivity index (χ0v) is 29.7. The summed E-state index contributed by atoms with van der Waals surface area (Å²) < 4.78 is 0. The van der Waals surface area contributed by atoms with Crippen LogP contribution in [0.1, 0.15) is 168 Å². The van der Waals surface area contributed by atoms with Crippen molar-refractivity contribution in [2.75, 3.05) is 6.61 Å². The zero-order valence-electron chi connectivity index (χ0n) is 29.7. The molecule has 0 saturated carbocycles. The molecule has 0 aromatic rings. The molecule has 5 nitrogen and oxygen atoms in total. The molecule has 0 radical (unpaired) electrons. The summed E-state index contributed by atoms with van der Waals surface area (Å²) in [6, 6.07) is 0. The molecule has 5 heteroatoms. The molecule has 0 aromatic heterocycles. The highest BCUT2D eigenvalue weighted by Crippen LogP contribution is 2.16. The normalized spacial score (nSPS) is 14.0. The molecule has 46 heavy (non-hydrogen) atoms. The van der Waals surface area contributed by atoms with Gasteiger partial charge in [0.15, 0.2) is 11.6 Å². The summed E-state index contributed by atoms with van der Waals surface area (Å²) in [5.74, 6) is -1.20. The number of Topliss-reactive ketones (excluding diaryl/α,β-unsaturated/α-hetero) is 2. The molecule has 0 saturated heterocycles. The van der Waals surface area contributed by atoms with E-state index in [-0.39, 0.29) is 17.8 Å². The van der Waals surface area contributed by atoms with E-state index in [1.807, 2.05) is 24.3 Å². The Morgan fingerprint density at radius 1 is 0.522 bits per heavy atom. The quantitative estimate of drug-likeness (QED) is 0.0218. The highest BCUT2D eigenvalue weighted by atomic mass is 16.4. The van der Waals surface area contributed by atoms with Crippen molar-refractivity contribution in [2.45, 2.75) is 180 Å². The summed E-state index contributed by atoms with van der Waals surface area (Å²) >= 11 is 0. The van der Waals surface area contributed by atoms with Crippen molar-refractivity contribution >= 4 is 11.6 Å². The lowest BCUT2D eigenvalue weighted by Crippen LogP contribution is -2.38.